The molecule has 0 aromatic rings. The molecule has 0 saturated carbocycles. The van der Waals surface area contributed by atoms with Crippen LogP contribution in [0.25, 0.3) is 0 Å². The summed E-state index contributed by atoms with van der Waals surface area (Å²) in [6.45, 7) is 4.87. The van der Waals surface area contributed by atoms with E-state index >= 15 is 0 Å². The van der Waals surface area contributed by atoms with E-state index in [1.54, 1.807) is 0 Å². The quantitative estimate of drug-likeness (QED) is 0.533. The molecule has 0 aliphatic rings. The zero-order valence-corrected chi connectivity index (χ0v) is 5.83. The van der Waals surface area contributed by atoms with Gasteiger partial charge in [-0.1, -0.05) is 20.3 Å². The molecule has 48 valence electrons. The second kappa shape index (κ2) is 5.10. The molecule has 1 N–H and O–H groups in total. The van der Waals surface area contributed by atoms with Crippen molar-refractivity contribution in [2.45, 2.75) is 33.1 Å². The van der Waals surface area contributed by atoms with E-state index in [2.05, 4.69) is 13.8 Å². The highest BCUT2D eigenvalue weighted by atomic mass is 14.5. The topological polar surface area (TPSA) is 23.8 Å². The molecular formula is C7H15N. The van der Waals surface area contributed by atoms with Crippen molar-refractivity contribution in [1.82, 2.24) is 5.73 Å². The van der Waals surface area contributed by atoms with Gasteiger partial charge in [-0.3, -0.25) is 5.73 Å². The molecule has 0 aliphatic carbocycles. The Balaban J connectivity index is 2.92. The summed E-state index contributed by atoms with van der Waals surface area (Å²) in [5.41, 5.74) is 6.89. The van der Waals surface area contributed by atoms with Crippen molar-refractivity contribution in [3.63, 3.8) is 0 Å². The summed E-state index contributed by atoms with van der Waals surface area (Å²) in [6.07, 6.45) is 3.43. The van der Waals surface area contributed by atoms with Crippen molar-refractivity contribution in [3.05, 3.63) is 5.92 Å². The number of hydrogen-bond acceptors (Lipinski definition) is 0. The molecule has 1 nitrogen and oxygen atoms in total. The predicted molar refractivity (Wildman–Crippen MR) is 36.4 cm³/mol. The van der Waals surface area contributed by atoms with Crippen LogP contribution in [0.4, 0.5) is 0 Å². The monoisotopic (exact) mass is 113 g/mol. The van der Waals surface area contributed by atoms with E-state index in [9.17, 15) is 0 Å². The van der Waals surface area contributed by atoms with Crippen LogP contribution in [-0.2, 0) is 0 Å². The van der Waals surface area contributed by atoms with Crippen LogP contribution in [0.3, 0.4) is 0 Å². The summed E-state index contributed by atoms with van der Waals surface area (Å²) in [7, 11) is 0. The Labute approximate surface area is 52.3 Å². The largest absolute Gasteiger partial charge is 0.258 e. The predicted octanol–water partition coefficient (Wildman–Crippen LogP) is 2.05. The molecule has 0 unspecified atom stereocenters. The highest BCUT2D eigenvalue weighted by molar-refractivity contribution is 4.82. The third kappa shape index (κ3) is 4.13. The fourth-order valence-electron chi connectivity index (χ4n) is 0.765. The van der Waals surface area contributed by atoms with Gasteiger partial charge in [-0.05, 0) is 18.8 Å². The molecule has 2 radical (unpaired) electrons. The molecule has 0 bridgehead atoms. The minimum absolute atomic E-state index is 0.561. The SMILES string of the molecule is CCC[C](C)CC[NH]. The Hall–Kier alpha value is -0.0400. The van der Waals surface area contributed by atoms with Crippen molar-refractivity contribution in [1.29, 1.82) is 0 Å². The van der Waals surface area contributed by atoms with Crippen LogP contribution in [-0.4, -0.2) is 6.54 Å². The third-order valence-corrected chi connectivity index (χ3v) is 1.23. The molecule has 0 heterocycles. The molecule has 0 aliphatic heterocycles. The third-order valence-electron chi connectivity index (χ3n) is 1.23. The zero-order valence-electron chi connectivity index (χ0n) is 5.83. The normalized spacial score (nSPS) is 10.5. The van der Waals surface area contributed by atoms with Gasteiger partial charge in [0.2, 0.25) is 0 Å². The fraction of sp³-hybridized carbons (Fsp3) is 0.857. The maximum atomic E-state index is 6.89. The molecule has 0 spiro atoms. The van der Waals surface area contributed by atoms with Crippen molar-refractivity contribution < 1.29 is 0 Å². The van der Waals surface area contributed by atoms with E-state index < -0.39 is 0 Å². The summed E-state index contributed by atoms with van der Waals surface area (Å²) in [5, 5.41) is 0. The molecule has 8 heavy (non-hydrogen) atoms. The highest BCUT2D eigenvalue weighted by Gasteiger charge is 1.97. The second-order valence-corrected chi connectivity index (χ2v) is 2.21. The van der Waals surface area contributed by atoms with Crippen LogP contribution in [0.1, 0.15) is 33.1 Å². The summed E-state index contributed by atoms with van der Waals surface area (Å²) in [5.74, 6) is 1.47. The molecule has 0 amide bonds. The number of rotatable bonds is 4. The van der Waals surface area contributed by atoms with Crippen LogP contribution in [0.15, 0.2) is 0 Å². The van der Waals surface area contributed by atoms with E-state index in [0.717, 1.165) is 6.42 Å². The Kier molecular flexibility index (Phi) is 5.08. The first-order valence-corrected chi connectivity index (χ1v) is 3.27. The Morgan fingerprint density at radius 2 is 2.00 bits per heavy atom. The van der Waals surface area contributed by atoms with Gasteiger partial charge in [-0.15, -0.1) is 0 Å². The van der Waals surface area contributed by atoms with Gasteiger partial charge in [0.15, 0.2) is 0 Å². The molecule has 0 aromatic heterocycles. The van der Waals surface area contributed by atoms with Gasteiger partial charge in [0.1, 0.15) is 0 Å². The van der Waals surface area contributed by atoms with Crippen LogP contribution >= 0.6 is 0 Å². The molecule has 1 heteroatoms. The standard InChI is InChI=1S/C7H15N/c1-3-4-7(2)5-6-8/h8H,3-6H2,1-2H3. The lowest BCUT2D eigenvalue weighted by Crippen LogP contribution is -1.95. The lowest BCUT2D eigenvalue weighted by Gasteiger charge is -2.04. The summed E-state index contributed by atoms with van der Waals surface area (Å²) in [6, 6.07) is 0. The first-order chi connectivity index (χ1) is 3.81. The van der Waals surface area contributed by atoms with Crippen LogP contribution < -0.4 is 5.73 Å². The number of nitrogens with one attached hydrogen (secondary N) is 1. The van der Waals surface area contributed by atoms with E-state index in [1.807, 2.05) is 0 Å². The molecular weight excluding hydrogens is 98.1 g/mol. The molecule has 0 rings (SSSR count). The second-order valence-electron chi connectivity index (χ2n) is 2.21. The highest BCUT2D eigenvalue weighted by Crippen LogP contribution is 2.10. The maximum absolute atomic E-state index is 6.89. The Bertz CT molecular complexity index is 37.7. The first kappa shape index (κ1) is 7.96. The first-order valence-electron chi connectivity index (χ1n) is 3.27. The van der Waals surface area contributed by atoms with Gasteiger partial charge in [0, 0.05) is 6.54 Å². The Morgan fingerprint density at radius 3 is 2.38 bits per heavy atom. The van der Waals surface area contributed by atoms with Gasteiger partial charge in [-0.25, -0.2) is 0 Å². The lowest BCUT2D eigenvalue weighted by atomic mass is 10.0. The number of hydrogen-bond donors (Lipinski definition) is 0. The maximum Gasteiger partial charge on any atom is 0.0105 e. The van der Waals surface area contributed by atoms with Crippen molar-refractivity contribution in [2.24, 2.45) is 0 Å². The van der Waals surface area contributed by atoms with Gasteiger partial charge < -0.3 is 0 Å². The van der Waals surface area contributed by atoms with Gasteiger partial charge in [0.05, 0.1) is 0 Å². The van der Waals surface area contributed by atoms with Gasteiger partial charge in [-0.2, -0.15) is 0 Å². The lowest BCUT2D eigenvalue weighted by molar-refractivity contribution is 0.712. The van der Waals surface area contributed by atoms with Crippen molar-refractivity contribution in [2.75, 3.05) is 6.54 Å². The van der Waals surface area contributed by atoms with E-state index in [4.69, 9.17) is 5.73 Å². The molecule has 0 atom stereocenters. The fourth-order valence-corrected chi connectivity index (χ4v) is 0.765. The van der Waals surface area contributed by atoms with Crippen molar-refractivity contribution >= 4 is 0 Å². The van der Waals surface area contributed by atoms with Gasteiger partial charge >= 0.3 is 0 Å². The summed E-state index contributed by atoms with van der Waals surface area (Å²) >= 11 is 0. The molecule has 0 aromatic carbocycles. The Morgan fingerprint density at radius 1 is 1.38 bits per heavy atom. The van der Waals surface area contributed by atoms with E-state index in [1.165, 1.54) is 18.8 Å². The van der Waals surface area contributed by atoms with E-state index in [-0.39, 0.29) is 0 Å². The molecule has 0 saturated heterocycles. The van der Waals surface area contributed by atoms with E-state index in [0.29, 0.717) is 6.54 Å². The average Bonchev–Trinajstić information content (AvgIpc) is 1.68. The molecule has 0 fully saturated rings. The van der Waals surface area contributed by atoms with Crippen molar-refractivity contribution in [3.8, 4) is 0 Å². The van der Waals surface area contributed by atoms with Crippen LogP contribution in [0.5, 0.6) is 0 Å². The summed E-state index contributed by atoms with van der Waals surface area (Å²) < 4.78 is 0. The summed E-state index contributed by atoms with van der Waals surface area (Å²) in [4.78, 5) is 0. The van der Waals surface area contributed by atoms with Crippen LogP contribution in [0.2, 0.25) is 0 Å². The average molecular weight is 113 g/mol. The zero-order chi connectivity index (χ0) is 6.41. The van der Waals surface area contributed by atoms with Gasteiger partial charge in [0.25, 0.3) is 0 Å². The minimum Gasteiger partial charge on any atom is -0.258 e. The van der Waals surface area contributed by atoms with Crippen LogP contribution in [0, 0.1) is 5.92 Å². The minimum atomic E-state index is 0.561. The smallest absolute Gasteiger partial charge is 0.0105 e.